The van der Waals surface area contributed by atoms with Gasteiger partial charge in [-0.2, -0.15) is 0 Å². The monoisotopic (exact) mass is 681 g/mol. The Morgan fingerprint density at radius 3 is 2.15 bits per heavy atom. The van der Waals surface area contributed by atoms with Crippen molar-refractivity contribution < 1.29 is 22.7 Å². The van der Waals surface area contributed by atoms with Gasteiger partial charge in [0, 0.05) is 29.1 Å². The summed E-state index contributed by atoms with van der Waals surface area (Å²) >= 11 is 12.7. The predicted octanol–water partition coefficient (Wildman–Crippen LogP) is 6.67. The number of methoxy groups -OCH3 is 1. The van der Waals surface area contributed by atoms with Crippen LogP contribution in [0.5, 0.6) is 5.75 Å². The molecule has 0 aliphatic carbocycles. The van der Waals surface area contributed by atoms with Gasteiger partial charge in [-0.05, 0) is 73.9 Å². The van der Waals surface area contributed by atoms with Gasteiger partial charge in [0.15, 0.2) is 0 Å². The predicted molar refractivity (Wildman–Crippen MR) is 183 cm³/mol. The summed E-state index contributed by atoms with van der Waals surface area (Å²) in [6.07, 6.45) is 0.176. The van der Waals surface area contributed by atoms with Crippen LogP contribution in [0.2, 0.25) is 10.0 Å². The van der Waals surface area contributed by atoms with Gasteiger partial charge >= 0.3 is 0 Å². The lowest BCUT2D eigenvalue weighted by atomic mass is 10.0. The number of benzene rings is 4. The number of anilines is 1. The number of halogens is 2. The third kappa shape index (κ3) is 8.60. The SMILES string of the molecule is COc1ccc(C)cc1N(CC(=O)N(Cc1ccc(Cl)cc1Cl)C(Cc1ccccc1)C(=O)NC(C)C)S(=O)(=O)c1ccccc1. The number of nitrogens with one attached hydrogen (secondary N) is 1. The van der Waals surface area contributed by atoms with Gasteiger partial charge < -0.3 is 15.0 Å². The summed E-state index contributed by atoms with van der Waals surface area (Å²) in [6, 6.07) is 26.0. The third-order valence-electron chi connectivity index (χ3n) is 7.27. The number of rotatable bonds is 13. The number of aryl methyl sites for hydroxylation is 1. The van der Waals surface area contributed by atoms with E-state index in [0.29, 0.717) is 15.6 Å². The summed E-state index contributed by atoms with van der Waals surface area (Å²) in [5.74, 6) is -0.736. The van der Waals surface area contributed by atoms with Crippen molar-refractivity contribution in [3.63, 3.8) is 0 Å². The zero-order valence-electron chi connectivity index (χ0n) is 26.1. The summed E-state index contributed by atoms with van der Waals surface area (Å²) in [4.78, 5) is 29.8. The minimum Gasteiger partial charge on any atom is -0.495 e. The molecule has 0 bridgehead atoms. The Labute approximate surface area is 280 Å². The largest absolute Gasteiger partial charge is 0.495 e. The van der Waals surface area contributed by atoms with Crippen molar-refractivity contribution in [2.45, 2.75) is 50.7 Å². The molecule has 46 heavy (non-hydrogen) atoms. The van der Waals surface area contributed by atoms with Gasteiger partial charge in [-0.3, -0.25) is 13.9 Å². The van der Waals surface area contributed by atoms with Crippen LogP contribution in [-0.4, -0.2) is 50.9 Å². The molecule has 0 fully saturated rings. The highest BCUT2D eigenvalue weighted by atomic mass is 35.5. The third-order valence-corrected chi connectivity index (χ3v) is 9.63. The number of amides is 2. The number of sulfonamides is 1. The molecule has 0 aliphatic heterocycles. The van der Waals surface area contributed by atoms with Crippen LogP contribution in [0.25, 0.3) is 0 Å². The van der Waals surface area contributed by atoms with Crippen LogP contribution in [0.4, 0.5) is 5.69 Å². The minimum absolute atomic E-state index is 0.00274. The first-order chi connectivity index (χ1) is 21.9. The highest BCUT2D eigenvalue weighted by Gasteiger charge is 2.36. The molecule has 4 rings (SSSR count). The van der Waals surface area contributed by atoms with Crippen molar-refractivity contribution in [3.8, 4) is 5.75 Å². The molecular formula is C35H37Cl2N3O5S. The fourth-order valence-electron chi connectivity index (χ4n) is 5.00. The maximum Gasteiger partial charge on any atom is 0.264 e. The van der Waals surface area contributed by atoms with E-state index in [0.717, 1.165) is 15.4 Å². The van der Waals surface area contributed by atoms with E-state index in [4.69, 9.17) is 27.9 Å². The number of hydrogen-bond donors (Lipinski definition) is 1. The van der Waals surface area contributed by atoms with E-state index >= 15 is 0 Å². The Morgan fingerprint density at radius 1 is 0.891 bits per heavy atom. The second-order valence-electron chi connectivity index (χ2n) is 11.1. The van der Waals surface area contributed by atoms with Gasteiger partial charge in [0.2, 0.25) is 11.8 Å². The van der Waals surface area contributed by atoms with Crippen LogP contribution in [0.1, 0.15) is 30.5 Å². The molecule has 4 aromatic carbocycles. The van der Waals surface area contributed by atoms with Gasteiger partial charge in [0.05, 0.1) is 17.7 Å². The Hall–Kier alpha value is -4.05. The highest BCUT2D eigenvalue weighted by Crippen LogP contribution is 2.34. The van der Waals surface area contributed by atoms with Crippen LogP contribution in [0, 0.1) is 6.92 Å². The molecular weight excluding hydrogens is 645 g/mol. The Bertz CT molecular complexity index is 1770. The van der Waals surface area contributed by atoms with Crippen molar-refractivity contribution in [1.82, 2.24) is 10.2 Å². The fourth-order valence-corrected chi connectivity index (χ4v) is 6.90. The molecule has 11 heteroatoms. The van der Waals surface area contributed by atoms with Crippen molar-refractivity contribution >= 4 is 50.7 Å². The fraction of sp³-hybridized carbons (Fsp3) is 0.257. The molecule has 0 aliphatic rings. The molecule has 0 heterocycles. The molecule has 0 spiro atoms. The van der Waals surface area contributed by atoms with Crippen molar-refractivity contribution in [2.75, 3.05) is 18.0 Å². The van der Waals surface area contributed by atoms with Crippen LogP contribution in [0.3, 0.4) is 0 Å². The van der Waals surface area contributed by atoms with Gasteiger partial charge in [-0.1, -0.05) is 83.9 Å². The molecule has 1 unspecified atom stereocenters. The van der Waals surface area contributed by atoms with Crippen molar-refractivity contribution in [3.05, 3.63) is 124 Å². The second kappa shape index (κ2) is 15.5. The Balaban J connectivity index is 1.87. The second-order valence-corrected chi connectivity index (χ2v) is 13.8. The first kappa shape index (κ1) is 34.8. The lowest BCUT2D eigenvalue weighted by Crippen LogP contribution is -2.54. The van der Waals surface area contributed by atoms with Gasteiger partial charge in [-0.15, -0.1) is 0 Å². The molecule has 0 radical (unpaired) electrons. The van der Waals surface area contributed by atoms with E-state index in [2.05, 4.69) is 5.32 Å². The van der Waals surface area contributed by atoms with E-state index < -0.39 is 28.5 Å². The summed E-state index contributed by atoms with van der Waals surface area (Å²) in [5, 5.41) is 3.66. The maximum atomic E-state index is 14.6. The molecule has 2 amide bonds. The number of nitrogens with zero attached hydrogens (tertiary/aromatic N) is 2. The van der Waals surface area contributed by atoms with Crippen LogP contribution in [-0.2, 0) is 32.6 Å². The molecule has 8 nitrogen and oxygen atoms in total. The van der Waals surface area contributed by atoms with Gasteiger partial charge in [0.25, 0.3) is 10.0 Å². The topological polar surface area (TPSA) is 96.0 Å². The number of ether oxygens (including phenoxy) is 1. The van der Waals surface area contributed by atoms with E-state index in [-0.39, 0.29) is 41.2 Å². The summed E-state index contributed by atoms with van der Waals surface area (Å²) in [5.41, 5.74) is 2.32. The van der Waals surface area contributed by atoms with Crippen LogP contribution < -0.4 is 14.4 Å². The molecule has 1 atom stereocenters. The number of carbonyl (C=O) groups excluding carboxylic acids is 2. The first-order valence-electron chi connectivity index (χ1n) is 14.7. The van der Waals surface area contributed by atoms with E-state index in [1.165, 1.54) is 24.1 Å². The molecule has 1 N–H and O–H groups in total. The van der Waals surface area contributed by atoms with Gasteiger partial charge in [0.1, 0.15) is 18.3 Å². The van der Waals surface area contributed by atoms with Crippen LogP contribution >= 0.6 is 23.2 Å². The highest BCUT2D eigenvalue weighted by molar-refractivity contribution is 7.92. The molecule has 0 saturated carbocycles. The number of carbonyl (C=O) groups is 2. The van der Waals surface area contributed by atoms with Crippen molar-refractivity contribution in [1.29, 1.82) is 0 Å². The molecule has 0 aromatic heterocycles. The average molecular weight is 683 g/mol. The quantitative estimate of drug-likeness (QED) is 0.170. The minimum atomic E-state index is -4.28. The van der Waals surface area contributed by atoms with E-state index in [1.807, 2.05) is 51.1 Å². The number of hydrogen-bond acceptors (Lipinski definition) is 5. The summed E-state index contributed by atoms with van der Waals surface area (Å²) in [6.45, 7) is 4.78. The van der Waals surface area contributed by atoms with Crippen LogP contribution in [0.15, 0.2) is 102 Å². The Morgan fingerprint density at radius 2 is 1.54 bits per heavy atom. The lowest BCUT2D eigenvalue weighted by Gasteiger charge is -2.34. The average Bonchev–Trinajstić information content (AvgIpc) is 3.02. The zero-order chi connectivity index (χ0) is 33.4. The standard InChI is InChI=1S/C35H37Cl2N3O5S/c1-24(2)38-35(42)32(20-26-11-7-5-8-12-26)39(22-27-16-17-28(36)21-30(27)37)34(41)23-40(31-19-25(3)15-18-33(31)45-4)46(43,44)29-13-9-6-10-14-29/h5-19,21,24,32H,20,22-23H2,1-4H3,(H,38,42). The van der Waals surface area contributed by atoms with E-state index in [1.54, 1.807) is 54.6 Å². The lowest BCUT2D eigenvalue weighted by molar-refractivity contribution is -0.140. The molecule has 0 saturated heterocycles. The van der Waals surface area contributed by atoms with Gasteiger partial charge in [-0.25, -0.2) is 8.42 Å². The van der Waals surface area contributed by atoms with E-state index in [9.17, 15) is 18.0 Å². The first-order valence-corrected chi connectivity index (χ1v) is 16.9. The molecule has 242 valence electrons. The Kier molecular flexibility index (Phi) is 11.7. The normalized spacial score (nSPS) is 12.0. The zero-order valence-corrected chi connectivity index (χ0v) is 28.4. The maximum absolute atomic E-state index is 14.6. The summed E-state index contributed by atoms with van der Waals surface area (Å²) < 4.78 is 35.1. The molecule has 4 aromatic rings. The van der Waals surface area contributed by atoms with Crippen molar-refractivity contribution in [2.24, 2.45) is 0 Å². The smallest absolute Gasteiger partial charge is 0.264 e. The summed E-state index contributed by atoms with van der Waals surface area (Å²) in [7, 11) is -2.85.